The average Bonchev–Trinajstić information content (AvgIpc) is 3.16. The Morgan fingerprint density at radius 3 is 2.45 bits per heavy atom. The normalized spacial score (nSPS) is 14.4. The number of nitrogens with zero attached hydrogens (tertiary/aromatic N) is 2. The van der Waals surface area contributed by atoms with Crippen LogP contribution in [0.1, 0.15) is 37.5 Å². The SMILES string of the molecule is CC(C)(C)c1ccc2c(c1)C(=NNC(=S)Nc1cccc(S(N)(=O)=O)c1)C(=O)N2Cc1cccc2ccccc12. The number of thiocarbonyl (C=S) groups is 1. The predicted octanol–water partition coefficient (Wildman–Crippen LogP) is 5.02. The van der Waals surface area contributed by atoms with Gasteiger partial charge in [-0.25, -0.2) is 13.6 Å². The molecule has 40 heavy (non-hydrogen) atoms. The van der Waals surface area contributed by atoms with E-state index < -0.39 is 10.0 Å². The fraction of sp³-hybridized carbons (Fsp3) is 0.167. The van der Waals surface area contributed by atoms with Gasteiger partial charge < -0.3 is 10.2 Å². The number of nitrogens with one attached hydrogen (secondary N) is 2. The minimum Gasteiger partial charge on any atom is -0.331 e. The van der Waals surface area contributed by atoms with Gasteiger partial charge in [0.15, 0.2) is 10.8 Å². The maximum absolute atomic E-state index is 13.8. The molecule has 0 atom stereocenters. The molecule has 8 nitrogen and oxygen atoms in total. The second-order valence-corrected chi connectivity index (χ2v) is 12.6. The van der Waals surface area contributed by atoms with Crippen LogP contribution < -0.4 is 20.8 Å². The minimum absolute atomic E-state index is 0.0506. The molecule has 0 fully saturated rings. The van der Waals surface area contributed by atoms with Crippen molar-refractivity contribution in [3.05, 3.63) is 102 Å². The summed E-state index contributed by atoms with van der Waals surface area (Å²) in [7, 11) is -3.87. The van der Waals surface area contributed by atoms with E-state index in [4.69, 9.17) is 17.4 Å². The third-order valence-electron chi connectivity index (χ3n) is 6.75. The highest BCUT2D eigenvalue weighted by molar-refractivity contribution is 7.89. The topological polar surface area (TPSA) is 117 Å². The van der Waals surface area contributed by atoms with Crippen LogP contribution in [-0.4, -0.2) is 25.1 Å². The van der Waals surface area contributed by atoms with Crippen molar-refractivity contribution < 1.29 is 13.2 Å². The Bertz CT molecular complexity index is 1790. The van der Waals surface area contributed by atoms with Crippen molar-refractivity contribution in [2.24, 2.45) is 10.2 Å². The number of hydrogen-bond donors (Lipinski definition) is 3. The maximum atomic E-state index is 13.8. The maximum Gasteiger partial charge on any atom is 0.279 e. The van der Waals surface area contributed by atoms with Gasteiger partial charge in [-0.2, -0.15) is 5.10 Å². The van der Waals surface area contributed by atoms with Gasteiger partial charge in [0.1, 0.15) is 0 Å². The molecule has 4 aromatic rings. The molecule has 0 aliphatic carbocycles. The first kappa shape index (κ1) is 27.4. The lowest BCUT2D eigenvalue weighted by molar-refractivity contribution is -0.112. The number of amides is 1. The molecule has 204 valence electrons. The van der Waals surface area contributed by atoms with E-state index in [1.54, 1.807) is 17.0 Å². The van der Waals surface area contributed by atoms with Crippen molar-refractivity contribution >= 4 is 61.1 Å². The molecule has 0 aromatic heterocycles. The first-order chi connectivity index (χ1) is 18.9. The van der Waals surface area contributed by atoms with Crippen molar-refractivity contribution in [1.82, 2.24) is 5.43 Å². The molecule has 0 bridgehead atoms. The van der Waals surface area contributed by atoms with E-state index in [9.17, 15) is 13.2 Å². The van der Waals surface area contributed by atoms with Crippen molar-refractivity contribution in [2.45, 2.75) is 37.6 Å². The molecule has 10 heteroatoms. The lowest BCUT2D eigenvalue weighted by Gasteiger charge is -2.21. The molecule has 1 aliphatic heterocycles. The standard InChI is InChI=1S/C30H29N5O3S2/c1-30(2,3)21-14-15-26-25(16-21)27(33-34-29(39)32-22-11-7-12-23(17-22)40(31,37)38)28(36)35(26)18-20-10-6-9-19-8-4-5-13-24(19)20/h4-17H,18H2,1-3H3,(H2,31,37,38)(H2,32,34,39). The molecule has 4 N–H and O–H groups in total. The van der Waals surface area contributed by atoms with Crippen LogP contribution in [0.2, 0.25) is 0 Å². The molecule has 0 spiro atoms. The summed E-state index contributed by atoms with van der Waals surface area (Å²) in [5.74, 6) is -0.250. The highest BCUT2D eigenvalue weighted by Crippen LogP contribution is 2.35. The average molecular weight is 572 g/mol. The summed E-state index contributed by atoms with van der Waals surface area (Å²) < 4.78 is 23.4. The lowest BCUT2D eigenvalue weighted by Crippen LogP contribution is -2.32. The molecule has 0 saturated heterocycles. The first-order valence-corrected chi connectivity index (χ1v) is 14.6. The van der Waals surface area contributed by atoms with Gasteiger partial charge in [0.05, 0.1) is 17.1 Å². The Hall–Kier alpha value is -4.12. The molecule has 0 radical (unpaired) electrons. The number of hydrazone groups is 1. The van der Waals surface area contributed by atoms with Gasteiger partial charge in [-0.1, -0.05) is 75.4 Å². The number of nitrogens with two attached hydrogens (primary N) is 1. The predicted molar refractivity (Wildman–Crippen MR) is 164 cm³/mol. The number of sulfonamides is 1. The van der Waals surface area contributed by atoms with E-state index in [1.165, 1.54) is 12.1 Å². The highest BCUT2D eigenvalue weighted by Gasteiger charge is 2.35. The van der Waals surface area contributed by atoms with Gasteiger partial charge in [-0.05, 0) is 69.9 Å². The summed E-state index contributed by atoms with van der Waals surface area (Å²) in [5.41, 5.74) is 6.85. The summed E-state index contributed by atoms with van der Waals surface area (Å²) in [6.07, 6.45) is 0. The van der Waals surface area contributed by atoms with Crippen LogP contribution in [0.25, 0.3) is 10.8 Å². The fourth-order valence-corrected chi connectivity index (χ4v) is 5.39. The van der Waals surface area contributed by atoms with E-state index in [1.807, 2.05) is 42.5 Å². The third kappa shape index (κ3) is 5.60. The Balaban J connectivity index is 1.46. The van der Waals surface area contributed by atoms with Gasteiger partial charge in [0.25, 0.3) is 5.91 Å². The molecule has 0 unspecified atom stereocenters. The van der Waals surface area contributed by atoms with Crippen LogP contribution in [0.3, 0.4) is 0 Å². The number of rotatable bonds is 5. The summed E-state index contributed by atoms with van der Waals surface area (Å²) in [4.78, 5) is 15.5. The van der Waals surface area contributed by atoms with Gasteiger partial charge in [-0.3, -0.25) is 10.2 Å². The van der Waals surface area contributed by atoms with E-state index >= 15 is 0 Å². The van der Waals surface area contributed by atoms with Gasteiger partial charge in [0.2, 0.25) is 10.0 Å². The van der Waals surface area contributed by atoms with Crippen LogP contribution in [0, 0.1) is 0 Å². The van der Waals surface area contributed by atoms with Crippen LogP contribution in [-0.2, 0) is 26.8 Å². The zero-order chi connectivity index (χ0) is 28.7. The van der Waals surface area contributed by atoms with Crippen molar-refractivity contribution in [3.8, 4) is 0 Å². The summed E-state index contributed by atoms with van der Waals surface area (Å²) in [5, 5.41) is 14.8. The second-order valence-electron chi connectivity index (χ2n) is 10.6. The zero-order valence-corrected chi connectivity index (χ0v) is 23.9. The molecule has 1 aliphatic rings. The zero-order valence-electron chi connectivity index (χ0n) is 22.3. The van der Waals surface area contributed by atoms with Crippen molar-refractivity contribution in [1.29, 1.82) is 0 Å². The smallest absolute Gasteiger partial charge is 0.279 e. The largest absolute Gasteiger partial charge is 0.331 e. The summed E-state index contributed by atoms with van der Waals surface area (Å²) >= 11 is 5.38. The van der Waals surface area contributed by atoms with Gasteiger partial charge >= 0.3 is 0 Å². The van der Waals surface area contributed by atoms with E-state index in [0.29, 0.717) is 17.8 Å². The van der Waals surface area contributed by atoms with Gasteiger partial charge in [0, 0.05) is 11.3 Å². The Kier molecular flexibility index (Phi) is 7.17. The number of carbonyl (C=O) groups is 1. The third-order valence-corrected chi connectivity index (χ3v) is 7.86. The fourth-order valence-electron chi connectivity index (χ4n) is 4.66. The molecule has 1 amide bonds. The molecular weight excluding hydrogens is 542 g/mol. The Morgan fingerprint density at radius 2 is 1.70 bits per heavy atom. The quantitative estimate of drug-likeness (QED) is 0.229. The molecule has 5 rings (SSSR count). The Morgan fingerprint density at radius 1 is 0.975 bits per heavy atom. The van der Waals surface area contributed by atoms with Crippen LogP contribution in [0.5, 0.6) is 0 Å². The molecule has 1 heterocycles. The lowest BCUT2D eigenvalue weighted by atomic mass is 9.85. The minimum atomic E-state index is -3.87. The summed E-state index contributed by atoms with van der Waals surface area (Å²) in [6.45, 7) is 6.72. The number of hydrogen-bond acceptors (Lipinski definition) is 5. The van der Waals surface area contributed by atoms with Crippen molar-refractivity contribution in [3.63, 3.8) is 0 Å². The molecule has 4 aromatic carbocycles. The number of fused-ring (bicyclic) bond motifs is 2. The number of anilines is 2. The number of primary sulfonamides is 1. The van der Waals surface area contributed by atoms with E-state index in [-0.39, 0.29) is 27.0 Å². The number of carbonyl (C=O) groups excluding carboxylic acids is 1. The van der Waals surface area contributed by atoms with Crippen molar-refractivity contribution in [2.75, 3.05) is 10.2 Å². The van der Waals surface area contributed by atoms with Crippen LogP contribution in [0.15, 0.2) is 94.9 Å². The summed E-state index contributed by atoms with van der Waals surface area (Å²) in [6, 6.07) is 26.1. The highest BCUT2D eigenvalue weighted by atomic mass is 32.2. The van der Waals surface area contributed by atoms with Crippen LogP contribution in [0.4, 0.5) is 11.4 Å². The second kappa shape index (κ2) is 10.5. The van der Waals surface area contributed by atoms with Crippen LogP contribution >= 0.6 is 12.2 Å². The molecule has 0 saturated carbocycles. The molecular formula is C30H29N5O3S2. The van der Waals surface area contributed by atoms with Gasteiger partial charge in [-0.15, -0.1) is 0 Å². The van der Waals surface area contributed by atoms with E-state index in [2.05, 4.69) is 54.8 Å². The Labute approximate surface area is 238 Å². The van der Waals surface area contributed by atoms with E-state index in [0.717, 1.165) is 27.6 Å². The number of benzene rings is 4. The monoisotopic (exact) mass is 571 g/mol. The first-order valence-electron chi connectivity index (χ1n) is 12.6.